The molecule has 0 saturated carbocycles. The van der Waals surface area contributed by atoms with Crippen LogP contribution in [0.4, 0.5) is 0 Å². The van der Waals surface area contributed by atoms with E-state index in [0.29, 0.717) is 5.92 Å². The van der Waals surface area contributed by atoms with E-state index >= 15 is 0 Å². The first-order valence-corrected chi connectivity index (χ1v) is 3.91. The van der Waals surface area contributed by atoms with Crippen molar-refractivity contribution in [2.24, 2.45) is 5.92 Å². The Bertz CT molecular complexity index is 101. The van der Waals surface area contributed by atoms with E-state index in [2.05, 4.69) is 19.2 Å². The number of carbonyl (C=O) groups is 1. The highest BCUT2D eigenvalue weighted by molar-refractivity contribution is 5.72. The first-order valence-electron chi connectivity index (χ1n) is 3.91. The molecule has 0 aromatic heterocycles. The van der Waals surface area contributed by atoms with Crippen molar-refractivity contribution in [1.29, 1.82) is 0 Å². The maximum absolute atomic E-state index is 10.4. The minimum atomic E-state index is 0.0722. The minimum Gasteiger partial charge on any atom is -0.356 e. The number of carbonyl (C=O) groups excluding carboxylic acids is 1. The van der Waals surface area contributed by atoms with E-state index in [0.717, 1.165) is 6.54 Å². The molecule has 10 heavy (non-hydrogen) atoms. The monoisotopic (exact) mass is 143 g/mol. The van der Waals surface area contributed by atoms with Crippen LogP contribution in [0.5, 0.6) is 0 Å². The summed E-state index contributed by atoms with van der Waals surface area (Å²) in [6, 6.07) is 0. The molecule has 0 aliphatic carbocycles. The van der Waals surface area contributed by atoms with Crippen molar-refractivity contribution in [3.63, 3.8) is 0 Å². The van der Waals surface area contributed by atoms with Gasteiger partial charge >= 0.3 is 0 Å². The lowest BCUT2D eigenvalue weighted by Crippen LogP contribution is -2.25. The zero-order valence-electron chi connectivity index (χ0n) is 7.11. The van der Waals surface area contributed by atoms with Gasteiger partial charge in [0.15, 0.2) is 0 Å². The standard InChI is InChI=1S/C8H17NO/c1-4-5-7(2)6-9-8(3)10/h7H,4-6H2,1-3H3,(H,9,10)/t7-/m1/s1. The van der Waals surface area contributed by atoms with Crippen LogP contribution in [-0.4, -0.2) is 12.5 Å². The van der Waals surface area contributed by atoms with E-state index in [9.17, 15) is 4.79 Å². The maximum atomic E-state index is 10.4. The SMILES string of the molecule is CCC[C@@H](C)CNC(C)=O. The van der Waals surface area contributed by atoms with Crippen LogP contribution in [-0.2, 0) is 4.79 Å². The number of rotatable bonds is 4. The summed E-state index contributed by atoms with van der Waals surface area (Å²) in [5.74, 6) is 0.692. The van der Waals surface area contributed by atoms with Crippen LogP contribution in [0.3, 0.4) is 0 Å². The smallest absolute Gasteiger partial charge is 0.216 e. The Balaban J connectivity index is 3.21. The lowest BCUT2D eigenvalue weighted by molar-refractivity contribution is -0.119. The highest BCUT2D eigenvalue weighted by Crippen LogP contribution is 2.01. The summed E-state index contributed by atoms with van der Waals surface area (Å²) in [5.41, 5.74) is 0. The van der Waals surface area contributed by atoms with Crippen molar-refractivity contribution in [2.45, 2.75) is 33.6 Å². The van der Waals surface area contributed by atoms with E-state index in [1.807, 2.05) is 0 Å². The Kier molecular flexibility index (Phi) is 4.99. The summed E-state index contributed by atoms with van der Waals surface area (Å²) >= 11 is 0. The van der Waals surface area contributed by atoms with Crippen LogP contribution >= 0.6 is 0 Å². The second-order valence-corrected chi connectivity index (χ2v) is 2.83. The maximum Gasteiger partial charge on any atom is 0.216 e. The van der Waals surface area contributed by atoms with Crippen molar-refractivity contribution in [3.05, 3.63) is 0 Å². The van der Waals surface area contributed by atoms with E-state index in [-0.39, 0.29) is 5.91 Å². The zero-order valence-corrected chi connectivity index (χ0v) is 7.11. The molecule has 0 aromatic carbocycles. The highest BCUT2D eigenvalue weighted by Gasteiger charge is 1.99. The van der Waals surface area contributed by atoms with E-state index in [1.54, 1.807) is 6.92 Å². The summed E-state index contributed by atoms with van der Waals surface area (Å²) in [6.07, 6.45) is 2.39. The summed E-state index contributed by atoms with van der Waals surface area (Å²) in [7, 11) is 0. The topological polar surface area (TPSA) is 29.1 Å². The van der Waals surface area contributed by atoms with Crippen LogP contribution in [0.1, 0.15) is 33.6 Å². The van der Waals surface area contributed by atoms with Crippen molar-refractivity contribution >= 4 is 5.91 Å². The highest BCUT2D eigenvalue weighted by atomic mass is 16.1. The lowest BCUT2D eigenvalue weighted by Gasteiger charge is -2.09. The Morgan fingerprint density at radius 1 is 1.60 bits per heavy atom. The van der Waals surface area contributed by atoms with Gasteiger partial charge in [0.25, 0.3) is 0 Å². The molecule has 0 bridgehead atoms. The Hall–Kier alpha value is -0.530. The molecule has 0 aliphatic heterocycles. The molecule has 0 heterocycles. The third-order valence-electron chi connectivity index (χ3n) is 1.48. The van der Waals surface area contributed by atoms with Crippen LogP contribution in [0.25, 0.3) is 0 Å². The molecule has 2 heteroatoms. The molecular formula is C8H17NO. The fourth-order valence-corrected chi connectivity index (χ4v) is 0.913. The summed E-state index contributed by atoms with van der Waals surface area (Å²) in [5, 5.41) is 2.79. The Labute approximate surface area is 63.0 Å². The van der Waals surface area contributed by atoms with Gasteiger partial charge in [-0.1, -0.05) is 20.3 Å². The van der Waals surface area contributed by atoms with E-state index in [4.69, 9.17) is 0 Å². The average molecular weight is 143 g/mol. The van der Waals surface area contributed by atoms with Crippen LogP contribution in [0, 0.1) is 5.92 Å². The molecule has 60 valence electrons. The third kappa shape index (κ3) is 5.60. The second-order valence-electron chi connectivity index (χ2n) is 2.83. The normalized spacial score (nSPS) is 12.7. The molecule has 0 spiro atoms. The molecule has 1 atom stereocenters. The summed E-state index contributed by atoms with van der Waals surface area (Å²) in [6.45, 7) is 6.69. The molecular weight excluding hydrogens is 126 g/mol. The van der Waals surface area contributed by atoms with Gasteiger partial charge in [-0.05, 0) is 12.3 Å². The number of nitrogens with one attached hydrogen (secondary N) is 1. The van der Waals surface area contributed by atoms with Gasteiger partial charge in [-0.2, -0.15) is 0 Å². The number of hydrogen-bond donors (Lipinski definition) is 1. The van der Waals surface area contributed by atoms with Crippen molar-refractivity contribution < 1.29 is 4.79 Å². The Morgan fingerprint density at radius 2 is 2.20 bits per heavy atom. The van der Waals surface area contributed by atoms with Crippen molar-refractivity contribution in [1.82, 2.24) is 5.32 Å². The largest absolute Gasteiger partial charge is 0.356 e. The van der Waals surface area contributed by atoms with E-state index in [1.165, 1.54) is 12.8 Å². The first-order chi connectivity index (χ1) is 4.66. The fraction of sp³-hybridized carbons (Fsp3) is 0.875. The molecule has 1 N–H and O–H groups in total. The molecule has 0 unspecified atom stereocenters. The summed E-state index contributed by atoms with van der Waals surface area (Å²) in [4.78, 5) is 10.4. The van der Waals surface area contributed by atoms with Gasteiger partial charge in [-0.15, -0.1) is 0 Å². The molecule has 0 aromatic rings. The lowest BCUT2D eigenvalue weighted by atomic mass is 10.1. The predicted molar refractivity (Wildman–Crippen MR) is 42.8 cm³/mol. The zero-order chi connectivity index (χ0) is 7.98. The van der Waals surface area contributed by atoms with Gasteiger partial charge in [0.2, 0.25) is 5.91 Å². The minimum absolute atomic E-state index is 0.0722. The van der Waals surface area contributed by atoms with Gasteiger partial charge in [-0.3, -0.25) is 4.79 Å². The fourth-order valence-electron chi connectivity index (χ4n) is 0.913. The number of amides is 1. The van der Waals surface area contributed by atoms with Gasteiger partial charge < -0.3 is 5.32 Å². The molecule has 0 rings (SSSR count). The predicted octanol–water partition coefficient (Wildman–Crippen LogP) is 1.56. The number of hydrogen-bond acceptors (Lipinski definition) is 1. The second kappa shape index (κ2) is 5.27. The average Bonchev–Trinajstić information content (AvgIpc) is 1.85. The van der Waals surface area contributed by atoms with Gasteiger partial charge in [0.1, 0.15) is 0 Å². The van der Waals surface area contributed by atoms with Gasteiger partial charge in [0, 0.05) is 13.5 Å². The Morgan fingerprint density at radius 3 is 2.60 bits per heavy atom. The molecule has 2 nitrogen and oxygen atoms in total. The molecule has 0 radical (unpaired) electrons. The first kappa shape index (κ1) is 9.47. The molecule has 0 saturated heterocycles. The molecule has 0 aliphatic rings. The summed E-state index contributed by atoms with van der Waals surface area (Å²) < 4.78 is 0. The van der Waals surface area contributed by atoms with Crippen LogP contribution < -0.4 is 5.32 Å². The van der Waals surface area contributed by atoms with Crippen LogP contribution in [0.2, 0.25) is 0 Å². The molecule has 1 amide bonds. The van der Waals surface area contributed by atoms with E-state index < -0.39 is 0 Å². The quantitative estimate of drug-likeness (QED) is 0.635. The van der Waals surface area contributed by atoms with Crippen LogP contribution in [0.15, 0.2) is 0 Å². The third-order valence-corrected chi connectivity index (χ3v) is 1.48. The van der Waals surface area contributed by atoms with Gasteiger partial charge in [-0.25, -0.2) is 0 Å². The molecule has 0 fully saturated rings. The van der Waals surface area contributed by atoms with Gasteiger partial charge in [0.05, 0.1) is 0 Å². The van der Waals surface area contributed by atoms with Crippen molar-refractivity contribution in [3.8, 4) is 0 Å². The van der Waals surface area contributed by atoms with Crippen molar-refractivity contribution in [2.75, 3.05) is 6.54 Å².